The lowest BCUT2D eigenvalue weighted by atomic mass is 10.3. The SMILES string of the molecule is CCCCNC(=O)c1cn(-c2ccccc2)nn1. The summed E-state index contributed by atoms with van der Waals surface area (Å²) < 4.78 is 1.59. The van der Waals surface area contributed by atoms with Gasteiger partial charge in [-0.2, -0.15) is 0 Å². The minimum Gasteiger partial charge on any atom is -0.351 e. The number of benzene rings is 1. The molecule has 5 heteroatoms. The molecule has 2 rings (SSSR count). The number of hydrogen-bond donors (Lipinski definition) is 1. The van der Waals surface area contributed by atoms with Crippen LogP contribution in [0.25, 0.3) is 5.69 Å². The van der Waals surface area contributed by atoms with Crippen LogP contribution in [0, 0.1) is 0 Å². The average Bonchev–Trinajstić information content (AvgIpc) is 2.89. The molecule has 0 bridgehead atoms. The van der Waals surface area contributed by atoms with Gasteiger partial charge in [0.2, 0.25) is 0 Å². The molecule has 0 atom stereocenters. The zero-order valence-corrected chi connectivity index (χ0v) is 10.3. The molecule has 1 aromatic carbocycles. The van der Waals surface area contributed by atoms with Gasteiger partial charge in [0.05, 0.1) is 11.9 Å². The third-order valence-corrected chi connectivity index (χ3v) is 2.56. The molecule has 1 aromatic heterocycles. The Bertz CT molecular complexity index is 507. The Labute approximate surface area is 106 Å². The topological polar surface area (TPSA) is 59.8 Å². The van der Waals surface area contributed by atoms with Gasteiger partial charge < -0.3 is 5.32 Å². The molecule has 0 fully saturated rings. The van der Waals surface area contributed by atoms with Gasteiger partial charge in [-0.1, -0.05) is 36.8 Å². The van der Waals surface area contributed by atoms with Crippen LogP contribution in [-0.4, -0.2) is 27.4 Å². The van der Waals surface area contributed by atoms with E-state index in [2.05, 4.69) is 22.6 Å². The van der Waals surface area contributed by atoms with Crippen LogP contribution in [0.4, 0.5) is 0 Å². The molecule has 18 heavy (non-hydrogen) atoms. The van der Waals surface area contributed by atoms with E-state index in [4.69, 9.17) is 0 Å². The molecule has 0 unspecified atom stereocenters. The van der Waals surface area contributed by atoms with Gasteiger partial charge in [0.1, 0.15) is 0 Å². The Kier molecular flexibility index (Phi) is 4.06. The first-order valence-electron chi connectivity index (χ1n) is 6.07. The van der Waals surface area contributed by atoms with Gasteiger partial charge in [-0.25, -0.2) is 4.68 Å². The number of nitrogens with one attached hydrogen (secondary N) is 1. The number of carbonyl (C=O) groups is 1. The Morgan fingerprint density at radius 3 is 2.83 bits per heavy atom. The predicted octanol–water partition coefficient (Wildman–Crippen LogP) is 1.80. The molecule has 1 amide bonds. The van der Waals surface area contributed by atoms with E-state index in [0.29, 0.717) is 12.2 Å². The highest BCUT2D eigenvalue weighted by molar-refractivity contribution is 5.91. The van der Waals surface area contributed by atoms with Gasteiger partial charge in [0, 0.05) is 6.54 Å². The van der Waals surface area contributed by atoms with Crippen LogP contribution in [0.3, 0.4) is 0 Å². The van der Waals surface area contributed by atoms with Crippen molar-refractivity contribution >= 4 is 5.91 Å². The van der Waals surface area contributed by atoms with Crippen LogP contribution in [0.1, 0.15) is 30.3 Å². The van der Waals surface area contributed by atoms with E-state index in [1.54, 1.807) is 10.9 Å². The lowest BCUT2D eigenvalue weighted by Crippen LogP contribution is -2.24. The van der Waals surface area contributed by atoms with E-state index in [0.717, 1.165) is 18.5 Å². The number of aromatic nitrogens is 3. The molecule has 94 valence electrons. The number of nitrogens with zero attached hydrogens (tertiary/aromatic N) is 3. The van der Waals surface area contributed by atoms with Crippen molar-refractivity contribution in [2.75, 3.05) is 6.54 Å². The minimum absolute atomic E-state index is 0.175. The van der Waals surface area contributed by atoms with Crippen molar-refractivity contribution in [2.45, 2.75) is 19.8 Å². The van der Waals surface area contributed by atoms with E-state index < -0.39 is 0 Å². The fraction of sp³-hybridized carbons (Fsp3) is 0.308. The van der Waals surface area contributed by atoms with Gasteiger partial charge >= 0.3 is 0 Å². The summed E-state index contributed by atoms with van der Waals surface area (Å²) in [6, 6.07) is 9.58. The first kappa shape index (κ1) is 12.3. The summed E-state index contributed by atoms with van der Waals surface area (Å²) in [5.74, 6) is -0.175. The lowest BCUT2D eigenvalue weighted by Gasteiger charge is -2.00. The van der Waals surface area contributed by atoms with Crippen LogP contribution >= 0.6 is 0 Å². The maximum Gasteiger partial charge on any atom is 0.273 e. The summed E-state index contributed by atoms with van der Waals surface area (Å²) in [4.78, 5) is 11.7. The summed E-state index contributed by atoms with van der Waals surface area (Å²) in [5.41, 5.74) is 1.23. The lowest BCUT2D eigenvalue weighted by molar-refractivity contribution is 0.0948. The number of rotatable bonds is 5. The standard InChI is InChI=1S/C13H16N4O/c1-2-3-9-14-13(18)12-10-17(16-15-12)11-7-5-4-6-8-11/h4-8,10H,2-3,9H2,1H3,(H,14,18). The molecule has 0 aliphatic rings. The zero-order valence-electron chi connectivity index (χ0n) is 10.3. The predicted molar refractivity (Wildman–Crippen MR) is 68.6 cm³/mol. The first-order valence-corrected chi connectivity index (χ1v) is 6.07. The van der Waals surface area contributed by atoms with Crippen molar-refractivity contribution in [3.63, 3.8) is 0 Å². The van der Waals surface area contributed by atoms with Gasteiger partial charge in [-0.3, -0.25) is 4.79 Å². The molecular weight excluding hydrogens is 228 g/mol. The molecule has 0 radical (unpaired) electrons. The molecule has 0 saturated heterocycles. The Morgan fingerprint density at radius 2 is 2.11 bits per heavy atom. The van der Waals surface area contributed by atoms with Crippen molar-refractivity contribution in [2.24, 2.45) is 0 Å². The van der Waals surface area contributed by atoms with Gasteiger partial charge in [0.15, 0.2) is 5.69 Å². The molecule has 0 aliphatic carbocycles. The molecule has 1 N–H and O–H groups in total. The second kappa shape index (κ2) is 5.95. The molecule has 2 aromatic rings. The largest absolute Gasteiger partial charge is 0.351 e. The normalized spacial score (nSPS) is 10.3. The molecule has 0 aliphatic heterocycles. The Hall–Kier alpha value is -2.17. The third-order valence-electron chi connectivity index (χ3n) is 2.56. The van der Waals surface area contributed by atoms with E-state index in [-0.39, 0.29) is 5.91 Å². The molecule has 1 heterocycles. The third kappa shape index (κ3) is 2.94. The zero-order chi connectivity index (χ0) is 12.8. The molecule has 0 spiro atoms. The molecule has 0 saturated carbocycles. The number of hydrogen-bond acceptors (Lipinski definition) is 3. The summed E-state index contributed by atoms with van der Waals surface area (Å²) in [5, 5.41) is 10.6. The minimum atomic E-state index is -0.175. The van der Waals surface area contributed by atoms with Crippen molar-refractivity contribution in [1.82, 2.24) is 20.3 Å². The fourth-order valence-corrected chi connectivity index (χ4v) is 1.54. The van der Waals surface area contributed by atoms with Crippen LogP contribution in [0.5, 0.6) is 0 Å². The average molecular weight is 244 g/mol. The maximum atomic E-state index is 11.7. The smallest absolute Gasteiger partial charge is 0.273 e. The highest BCUT2D eigenvalue weighted by Crippen LogP contribution is 2.05. The van der Waals surface area contributed by atoms with Crippen molar-refractivity contribution in [3.05, 3.63) is 42.2 Å². The quantitative estimate of drug-likeness (QED) is 0.816. The van der Waals surface area contributed by atoms with Gasteiger partial charge in [0.25, 0.3) is 5.91 Å². The van der Waals surface area contributed by atoms with Crippen molar-refractivity contribution in [1.29, 1.82) is 0 Å². The van der Waals surface area contributed by atoms with E-state index in [1.807, 2.05) is 30.3 Å². The van der Waals surface area contributed by atoms with E-state index in [1.165, 1.54) is 0 Å². The van der Waals surface area contributed by atoms with Crippen LogP contribution in [0.15, 0.2) is 36.5 Å². The fourth-order valence-electron chi connectivity index (χ4n) is 1.54. The van der Waals surface area contributed by atoms with E-state index in [9.17, 15) is 4.79 Å². The first-order chi connectivity index (χ1) is 8.81. The Balaban J connectivity index is 2.04. The second-order valence-corrected chi connectivity index (χ2v) is 3.99. The number of amides is 1. The molecular formula is C13H16N4O. The molecule has 5 nitrogen and oxygen atoms in total. The second-order valence-electron chi connectivity index (χ2n) is 3.99. The highest BCUT2D eigenvalue weighted by atomic mass is 16.2. The van der Waals surface area contributed by atoms with E-state index >= 15 is 0 Å². The van der Waals surface area contributed by atoms with Crippen molar-refractivity contribution in [3.8, 4) is 5.69 Å². The number of unbranched alkanes of at least 4 members (excludes halogenated alkanes) is 1. The van der Waals surface area contributed by atoms with Crippen molar-refractivity contribution < 1.29 is 4.79 Å². The van der Waals surface area contributed by atoms with Crippen LogP contribution in [-0.2, 0) is 0 Å². The number of para-hydroxylation sites is 1. The summed E-state index contributed by atoms with van der Waals surface area (Å²) in [6.07, 6.45) is 3.66. The highest BCUT2D eigenvalue weighted by Gasteiger charge is 2.10. The van der Waals surface area contributed by atoms with Crippen LogP contribution < -0.4 is 5.32 Å². The summed E-state index contributed by atoms with van der Waals surface area (Å²) in [7, 11) is 0. The Morgan fingerprint density at radius 1 is 1.33 bits per heavy atom. The number of carbonyl (C=O) groups excluding carboxylic acids is 1. The van der Waals surface area contributed by atoms with Gasteiger partial charge in [-0.15, -0.1) is 5.10 Å². The van der Waals surface area contributed by atoms with Gasteiger partial charge in [-0.05, 0) is 18.6 Å². The summed E-state index contributed by atoms with van der Waals surface area (Å²) >= 11 is 0. The monoisotopic (exact) mass is 244 g/mol. The summed E-state index contributed by atoms with van der Waals surface area (Å²) in [6.45, 7) is 2.76. The van der Waals surface area contributed by atoms with Crippen LogP contribution in [0.2, 0.25) is 0 Å². The maximum absolute atomic E-state index is 11.7.